The van der Waals surface area contributed by atoms with E-state index in [0.717, 1.165) is 12.8 Å². The third kappa shape index (κ3) is 3.95. The lowest BCUT2D eigenvalue weighted by Crippen LogP contribution is -2.43. The Bertz CT molecular complexity index is 548. The van der Waals surface area contributed by atoms with Gasteiger partial charge in [0, 0.05) is 6.54 Å². The summed E-state index contributed by atoms with van der Waals surface area (Å²) in [6.07, 6.45) is 1.98. The SMILES string of the molecule is N#CC1(C(=O)NC[C@H](O)COc2ccc(F)cc2)CCCC1. The van der Waals surface area contributed by atoms with E-state index in [1.54, 1.807) is 0 Å². The molecule has 0 saturated heterocycles. The van der Waals surface area contributed by atoms with Gasteiger partial charge < -0.3 is 15.2 Å². The topological polar surface area (TPSA) is 82.4 Å². The number of benzene rings is 1. The molecule has 0 bridgehead atoms. The van der Waals surface area contributed by atoms with E-state index in [2.05, 4.69) is 11.4 Å². The van der Waals surface area contributed by atoms with Gasteiger partial charge in [-0.05, 0) is 37.1 Å². The third-order valence-corrected chi connectivity index (χ3v) is 3.86. The molecule has 0 spiro atoms. The fourth-order valence-electron chi connectivity index (χ4n) is 2.53. The van der Waals surface area contributed by atoms with Gasteiger partial charge in [0.25, 0.3) is 0 Å². The first-order chi connectivity index (χ1) is 10.6. The van der Waals surface area contributed by atoms with Crippen LogP contribution in [0.5, 0.6) is 5.75 Å². The van der Waals surface area contributed by atoms with Crippen molar-refractivity contribution in [3.8, 4) is 11.8 Å². The lowest BCUT2D eigenvalue weighted by Gasteiger charge is -2.20. The van der Waals surface area contributed by atoms with Gasteiger partial charge in [-0.2, -0.15) is 5.26 Å². The molecule has 6 heteroatoms. The first-order valence-electron chi connectivity index (χ1n) is 7.32. The summed E-state index contributed by atoms with van der Waals surface area (Å²) in [5.41, 5.74) is -0.947. The summed E-state index contributed by atoms with van der Waals surface area (Å²) in [4.78, 5) is 12.1. The zero-order chi connectivity index (χ0) is 16.0. The van der Waals surface area contributed by atoms with Gasteiger partial charge in [0.15, 0.2) is 0 Å². The highest BCUT2D eigenvalue weighted by Gasteiger charge is 2.41. The summed E-state index contributed by atoms with van der Waals surface area (Å²) in [5, 5.41) is 21.6. The van der Waals surface area contributed by atoms with Crippen molar-refractivity contribution in [2.75, 3.05) is 13.2 Å². The predicted molar refractivity (Wildman–Crippen MR) is 77.4 cm³/mol. The van der Waals surface area contributed by atoms with E-state index >= 15 is 0 Å². The standard InChI is InChI=1S/C16H19FN2O3/c17-12-3-5-14(6-4-12)22-10-13(20)9-19-15(21)16(11-18)7-1-2-8-16/h3-6,13,20H,1-2,7-10H2,(H,19,21)/t13-/m0/s1. The molecule has 0 aromatic heterocycles. The predicted octanol–water partition coefficient (Wildman–Crippen LogP) is 1.77. The minimum absolute atomic E-state index is 0.0173. The van der Waals surface area contributed by atoms with Crippen LogP contribution in [-0.2, 0) is 4.79 Å². The summed E-state index contributed by atoms with van der Waals surface area (Å²) in [7, 11) is 0. The minimum Gasteiger partial charge on any atom is -0.491 e. The van der Waals surface area contributed by atoms with Crippen LogP contribution in [0.3, 0.4) is 0 Å². The van der Waals surface area contributed by atoms with E-state index in [9.17, 15) is 19.6 Å². The molecular weight excluding hydrogens is 287 g/mol. The molecule has 1 amide bonds. The molecule has 1 aliphatic rings. The maximum absolute atomic E-state index is 12.7. The number of carbonyl (C=O) groups is 1. The number of ether oxygens (including phenoxy) is 1. The van der Waals surface area contributed by atoms with Gasteiger partial charge in [-0.15, -0.1) is 0 Å². The molecule has 1 atom stereocenters. The second kappa shape index (κ2) is 7.23. The number of nitriles is 1. The number of hydrogen-bond donors (Lipinski definition) is 2. The lowest BCUT2D eigenvalue weighted by molar-refractivity contribution is -0.128. The number of rotatable bonds is 6. The highest BCUT2D eigenvalue weighted by molar-refractivity contribution is 5.85. The summed E-state index contributed by atoms with van der Waals surface area (Å²) < 4.78 is 18.0. The van der Waals surface area contributed by atoms with Crippen LogP contribution in [0.1, 0.15) is 25.7 Å². The molecule has 1 aromatic rings. The van der Waals surface area contributed by atoms with E-state index < -0.39 is 11.5 Å². The van der Waals surface area contributed by atoms with Crippen molar-refractivity contribution in [3.63, 3.8) is 0 Å². The van der Waals surface area contributed by atoms with Gasteiger partial charge >= 0.3 is 0 Å². The Morgan fingerprint density at radius 1 is 1.41 bits per heavy atom. The Balaban J connectivity index is 1.75. The number of carbonyl (C=O) groups excluding carboxylic acids is 1. The molecule has 1 fully saturated rings. The normalized spacial score (nSPS) is 17.5. The smallest absolute Gasteiger partial charge is 0.240 e. The van der Waals surface area contributed by atoms with Gasteiger partial charge in [0.1, 0.15) is 29.7 Å². The van der Waals surface area contributed by atoms with E-state index in [0.29, 0.717) is 18.6 Å². The quantitative estimate of drug-likeness (QED) is 0.839. The molecule has 1 aliphatic carbocycles. The molecule has 0 heterocycles. The van der Waals surface area contributed by atoms with Gasteiger partial charge in [0.05, 0.1) is 6.07 Å². The summed E-state index contributed by atoms with van der Waals surface area (Å²) in [6, 6.07) is 7.56. The second-order valence-corrected chi connectivity index (χ2v) is 5.53. The van der Waals surface area contributed by atoms with Gasteiger partial charge in [-0.3, -0.25) is 4.79 Å². The fraction of sp³-hybridized carbons (Fsp3) is 0.500. The van der Waals surface area contributed by atoms with Crippen molar-refractivity contribution in [3.05, 3.63) is 30.1 Å². The van der Waals surface area contributed by atoms with Crippen LogP contribution in [0.4, 0.5) is 4.39 Å². The van der Waals surface area contributed by atoms with Crippen LogP contribution < -0.4 is 10.1 Å². The van der Waals surface area contributed by atoms with Crippen molar-refractivity contribution in [1.29, 1.82) is 5.26 Å². The monoisotopic (exact) mass is 306 g/mol. The second-order valence-electron chi connectivity index (χ2n) is 5.53. The number of nitrogens with one attached hydrogen (secondary N) is 1. The van der Waals surface area contributed by atoms with Gasteiger partial charge in [0.2, 0.25) is 5.91 Å². The van der Waals surface area contributed by atoms with Crippen LogP contribution in [0.15, 0.2) is 24.3 Å². The first-order valence-corrected chi connectivity index (χ1v) is 7.32. The highest BCUT2D eigenvalue weighted by Crippen LogP contribution is 2.37. The van der Waals surface area contributed by atoms with Crippen LogP contribution in [0.2, 0.25) is 0 Å². The van der Waals surface area contributed by atoms with Gasteiger partial charge in [-0.25, -0.2) is 4.39 Å². The van der Waals surface area contributed by atoms with Crippen molar-refractivity contribution >= 4 is 5.91 Å². The molecule has 5 nitrogen and oxygen atoms in total. The number of amides is 1. The third-order valence-electron chi connectivity index (χ3n) is 3.86. The fourth-order valence-corrected chi connectivity index (χ4v) is 2.53. The van der Waals surface area contributed by atoms with E-state index in [1.807, 2.05) is 0 Å². The molecule has 0 radical (unpaired) electrons. The summed E-state index contributed by atoms with van der Waals surface area (Å²) in [5.74, 6) is -0.247. The number of aliphatic hydroxyl groups is 1. The molecule has 2 N–H and O–H groups in total. The minimum atomic E-state index is -0.947. The Morgan fingerprint density at radius 2 is 2.05 bits per heavy atom. The molecule has 1 saturated carbocycles. The van der Waals surface area contributed by atoms with Crippen molar-refractivity contribution in [2.45, 2.75) is 31.8 Å². The largest absolute Gasteiger partial charge is 0.491 e. The molecule has 118 valence electrons. The van der Waals surface area contributed by atoms with E-state index in [4.69, 9.17) is 4.74 Å². The number of aliphatic hydroxyl groups excluding tert-OH is 1. The van der Waals surface area contributed by atoms with E-state index in [-0.39, 0.29) is 24.9 Å². The molecule has 2 rings (SSSR count). The zero-order valence-electron chi connectivity index (χ0n) is 12.2. The van der Waals surface area contributed by atoms with Crippen molar-refractivity contribution in [1.82, 2.24) is 5.32 Å². The summed E-state index contributed by atoms with van der Waals surface area (Å²) >= 11 is 0. The molecule has 22 heavy (non-hydrogen) atoms. The maximum atomic E-state index is 12.7. The van der Waals surface area contributed by atoms with Crippen LogP contribution in [0, 0.1) is 22.6 Å². The molecule has 1 aromatic carbocycles. The molecular formula is C16H19FN2O3. The maximum Gasteiger partial charge on any atom is 0.240 e. The number of halogens is 1. The van der Waals surface area contributed by atoms with Crippen molar-refractivity contribution in [2.24, 2.45) is 5.41 Å². The molecule has 0 aliphatic heterocycles. The average molecular weight is 306 g/mol. The number of nitrogens with zero attached hydrogens (tertiary/aromatic N) is 1. The Labute approximate surface area is 128 Å². The van der Waals surface area contributed by atoms with Crippen LogP contribution >= 0.6 is 0 Å². The summed E-state index contributed by atoms with van der Waals surface area (Å²) in [6.45, 7) is -0.00504. The van der Waals surface area contributed by atoms with E-state index in [1.165, 1.54) is 24.3 Å². The average Bonchev–Trinajstić information content (AvgIpc) is 3.02. The first kappa shape index (κ1) is 16.2. The van der Waals surface area contributed by atoms with Crippen molar-refractivity contribution < 1.29 is 19.0 Å². The van der Waals surface area contributed by atoms with Crippen LogP contribution in [0.25, 0.3) is 0 Å². The Hall–Kier alpha value is -2.13. The Kier molecular flexibility index (Phi) is 5.34. The zero-order valence-corrected chi connectivity index (χ0v) is 12.2. The Morgan fingerprint density at radius 3 is 2.64 bits per heavy atom. The van der Waals surface area contributed by atoms with Gasteiger partial charge in [-0.1, -0.05) is 12.8 Å². The van der Waals surface area contributed by atoms with Crippen LogP contribution in [-0.4, -0.2) is 30.3 Å². The lowest BCUT2D eigenvalue weighted by atomic mass is 9.87. The molecule has 0 unspecified atom stereocenters. The highest BCUT2D eigenvalue weighted by atomic mass is 19.1. The number of hydrogen-bond acceptors (Lipinski definition) is 4.